The smallest absolute Gasteiger partial charge is 0.307 e. The second-order valence-electron chi connectivity index (χ2n) is 5.67. The summed E-state index contributed by atoms with van der Waals surface area (Å²) in [6.07, 6.45) is 2.86. The summed E-state index contributed by atoms with van der Waals surface area (Å²) >= 11 is 0. The molecular formula is C15H18FNO3. The Kier molecular flexibility index (Phi) is 3.61. The summed E-state index contributed by atoms with van der Waals surface area (Å²) in [5, 5.41) is 12.2. The standard InChI is InChI=1S/C15H18FNO3/c16-11-3-4-14(20-8-9-1-2-9)12(6-11)13-5-10(7-17-13)15(18)19/h3-4,6,9-10,13,17H,1-2,5,7-8H2,(H,18,19). The molecule has 1 aromatic rings. The van der Waals surface area contributed by atoms with Crippen molar-refractivity contribution in [1.29, 1.82) is 0 Å². The number of carbonyl (C=O) groups is 1. The summed E-state index contributed by atoms with van der Waals surface area (Å²) < 4.78 is 19.2. The van der Waals surface area contributed by atoms with E-state index in [4.69, 9.17) is 9.84 Å². The van der Waals surface area contributed by atoms with Crippen LogP contribution in [0.2, 0.25) is 0 Å². The van der Waals surface area contributed by atoms with E-state index < -0.39 is 11.9 Å². The van der Waals surface area contributed by atoms with E-state index in [1.807, 2.05) is 0 Å². The maximum absolute atomic E-state index is 13.5. The van der Waals surface area contributed by atoms with Gasteiger partial charge in [-0.15, -0.1) is 0 Å². The number of ether oxygens (including phenoxy) is 1. The lowest BCUT2D eigenvalue weighted by Crippen LogP contribution is -2.17. The second-order valence-corrected chi connectivity index (χ2v) is 5.67. The summed E-state index contributed by atoms with van der Waals surface area (Å²) in [6, 6.07) is 4.32. The number of carboxylic acid groups (broad SMARTS) is 1. The van der Waals surface area contributed by atoms with Gasteiger partial charge in [0.05, 0.1) is 12.5 Å². The zero-order chi connectivity index (χ0) is 14.1. The molecule has 1 aliphatic carbocycles. The molecule has 2 atom stereocenters. The van der Waals surface area contributed by atoms with Gasteiger partial charge in [0.25, 0.3) is 0 Å². The van der Waals surface area contributed by atoms with Gasteiger partial charge in [-0.25, -0.2) is 4.39 Å². The van der Waals surface area contributed by atoms with Crippen molar-refractivity contribution in [3.63, 3.8) is 0 Å². The number of rotatable bonds is 5. The van der Waals surface area contributed by atoms with Crippen LogP contribution in [0.15, 0.2) is 18.2 Å². The normalized spacial score (nSPS) is 25.6. The molecule has 2 fully saturated rings. The van der Waals surface area contributed by atoms with Crippen LogP contribution >= 0.6 is 0 Å². The van der Waals surface area contributed by atoms with E-state index in [2.05, 4.69) is 5.32 Å². The van der Waals surface area contributed by atoms with Crippen LogP contribution < -0.4 is 10.1 Å². The van der Waals surface area contributed by atoms with Crippen molar-refractivity contribution in [1.82, 2.24) is 5.32 Å². The zero-order valence-electron chi connectivity index (χ0n) is 11.1. The van der Waals surface area contributed by atoms with Gasteiger partial charge in [0.2, 0.25) is 0 Å². The van der Waals surface area contributed by atoms with Gasteiger partial charge in [0.15, 0.2) is 0 Å². The molecule has 0 bridgehead atoms. The van der Waals surface area contributed by atoms with Crippen molar-refractivity contribution in [3.8, 4) is 5.75 Å². The summed E-state index contributed by atoms with van der Waals surface area (Å²) in [6.45, 7) is 1.08. The predicted molar refractivity (Wildman–Crippen MR) is 71.1 cm³/mol. The third-order valence-corrected chi connectivity index (χ3v) is 4.00. The van der Waals surface area contributed by atoms with Gasteiger partial charge >= 0.3 is 5.97 Å². The van der Waals surface area contributed by atoms with E-state index in [0.717, 1.165) is 5.56 Å². The molecule has 1 heterocycles. The minimum absolute atomic E-state index is 0.152. The van der Waals surface area contributed by atoms with Gasteiger partial charge in [0, 0.05) is 18.2 Å². The topological polar surface area (TPSA) is 58.6 Å². The Labute approximate surface area is 116 Å². The first-order valence-electron chi connectivity index (χ1n) is 7.02. The lowest BCUT2D eigenvalue weighted by molar-refractivity contribution is -0.141. The molecule has 3 rings (SSSR count). The zero-order valence-corrected chi connectivity index (χ0v) is 11.1. The highest BCUT2D eigenvalue weighted by atomic mass is 19.1. The molecule has 4 nitrogen and oxygen atoms in total. The number of nitrogens with one attached hydrogen (secondary N) is 1. The molecule has 20 heavy (non-hydrogen) atoms. The first kappa shape index (κ1) is 13.4. The van der Waals surface area contributed by atoms with Crippen LogP contribution in [0.1, 0.15) is 30.9 Å². The fourth-order valence-electron chi connectivity index (χ4n) is 2.58. The minimum Gasteiger partial charge on any atom is -0.493 e. The van der Waals surface area contributed by atoms with Crippen LogP contribution in [0.5, 0.6) is 5.75 Å². The lowest BCUT2D eigenvalue weighted by Gasteiger charge is -2.16. The molecule has 0 amide bonds. The molecule has 1 saturated carbocycles. The highest BCUT2D eigenvalue weighted by molar-refractivity contribution is 5.71. The van der Waals surface area contributed by atoms with Crippen molar-refractivity contribution >= 4 is 5.97 Å². The molecule has 2 unspecified atom stereocenters. The fourth-order valence-corrected chi connectivity index (χ4v) is 2.58. The number of benzene rings is 1. The Hall–Kier alpha value is -1.62. The monoisotopic (exact) mass is 279 g/mol. The van der Waals surface area contributed by atoms with Crippen LogP contribution in [0.3, 0.4) is 0 Å². The van der Waals surface area contributed by atoms with Crippen LogP contribution in [0.25, 0.3) is 0 Å². The van der Waals surface area contributed by atoms with Gasteiger partial charge < -0.3 is 15.2 Å². The number of aliphatic carboxylic acids is 1. The Morgan fingerprint density at radius 2 is 2.25 bits per heavy atom. The van der Waals surface area contributed by atoms with Crippen molar-refractivity contribution < 1.29 is 19.0 Å². The van der Waals surface area contributed by atoms with Crippen LogP contribution in [-0.2, 0) is 4.79 Å². The van der Waals surface area contributed by atoms with Crippen LogP contribution in [0, 0.1) is 17.7 Å². The molecule has 0 spiro atoms. The Morgan fingerprint density at radius 3 is 2.90 bits per heavy atom. The maximum Gasteiger partial charge on any atom is 0.307 e. The minimum atomic E-state index is -0.808. The fraction of sp³-hybridized carbons (Fsp3) is 0.533. The molecule has 1 aliphatic heterocycles. The van der Waals surface area contributed by atoms with Crippen LogP contribution in [-0.4, -0.2) is 24.2 Å². The molecular weight excluding hydrogens is 261 g/mol. The van der Waals surface area contributed by atoms with Gasteiger partial charge in [-0.3, -0.25) is 4.79 Å². The van der Waals surface area contributed by atoms with E-state index in [-0.39, 0.29) is 11.9 Å². The Morgan fingerprint density at radius 1 is 1.45 bits per heavy atom. The lowest BCUT2D eigenvalue weighted by atomic mass is 9.99. The summed E-state index contributed by atoms with van der Waals surface area (Å²) in [7, 11) is 0. The molecule has 108 valence electrons. The summed E-state index contributed by atoms with van der Waals surface area (Å²) in [4.78, 5) is 11.0. The Balaban J connectivity index is 1.76. The molecule has 0 radical (unpaired) electrons. The van der Waals surface area contributed by atoms with Crippen LogP contribution in [0.4, 0.5) is 4.39 Å². The largest absolute Gasteiger partial charge is 0.493 e. The molecule has 1 aromatic carbocycles. The number of halogens is 1. The SMILES string of the molecule is O=C(O)C1CNC(c2cc(F)ccc2OCC2CC2)C1. The molecule has 2 aliphatic rings. The van der Waals surface area contributed by atoms with E-state index in [9.17, 15) is 9.18 Å². The van der Waals surface area contributed by atoms with Crippen molar-refractivity contribution in [2.45, 2.75) is 25.3 Å². The maximum atomic E-state index is 13.5. The third-order valence-electron chi connectivity index (χ3n) is 4.00. The van der Waals surface area contributed by atoms with Gasteiger partial charge in [-0.1, -0.05) is 0 Å². The van der Waals surface area contributed by atoms with Crippen molar-refractivity contribution in [3.05, 3.63) is 29.6 Å². The third kappa shape index (κ3) is 2.93. The van der Waals surface area contributed by atoms with E-state index in [0.29, 0.717) is 31.2 Å². The second kappa shape index (κ2) is 5.40. The molecule has 1 saturated heterocycles. The summed E-state index contributed by atoms with van der Waals surface area (Å²) in [5.41, 5.74) is 0.731. The quantitative estimate of drug-likeness (QED) is 0.868. The highest BCUT2D eigenvalue weighted by Crippen LogP contribution is 2.35. The Bertz CT molecular complexity index is 516. The molecule has 2 N–H and O–H groups in total. The predicted octanol–water partition coefficient (Wildman–Crippen LogP) is 2.35. The highest BCUT2D eigenvalue weighted by Gasteiger charge is 2.32. The van der Waals surface area contributed by atoms with Crippen molar-refractivity contribution in [2.24, 2.45) is 11.8 Å². The molecule has 0 aromatic heterocycles. The number of hydrogen-bond donors (Lipinski definition) is 2. The van der Waals surface area contributed by atoms with Gasteiger partial charge in [0.1, 0.15) is 11.6 Å². The number of hydrogen-bond acceptors (Lipinski definition) is 3. The molecule has 5 heteroatoms. The van der Waals surface area contributed by atoms with E-state index in [1.54, 1.807) is 6.07 Å². The first-order chi connectivity index (χ1) is 9.63. The number of carboxylic acids is 1. The average Bonchev–Trinajstić information content (AvgIpc) is 3.11. The van der Waals surface area contributed by atoms with E-state index >= 15 is 0 Å². The van der Waals surface area contributed by atoms with Crippen molar-refractivity contribution in [2.75, 3.05) is 13.2 Å². The van der Waals surface area contributed by atoms with E-state index in [1.165, 1.54) is 25.0 Å². The average molecular weight is 279 g/mol. The first-order valence-corrected chi connectivity index (χ1v) is 7.02. The van der Waals surface area contributed by atoms with Gasteiger partial charge in [-0.2, -0.15) is 0 Å². The summed E-state index contributed by atoms with van der Waals surface area (Å²) in [5.74, 6) is -0.256. The van der Waals surface area contributed by atoms with Gasteiger partial charge in [-0.05, 0) is 43.4 Å².